The maximum absolute atomic E-state index is 4.27. The summed E-state index contributed by atoms with van der Waals surface area (Å²) >= 11 is 0. The van der Waals surface area contributed by atoms with Crippen molar-refractivity contribution in [2.75, 3.05) is 11.9 Å². The molecule has 2 aromatic heterocycles. The fourth-order valence-corrected chi connectivity index (χ4v) is 1.63. The van der Waals surface area contributed by atoms with Crippen molar-refractivity contribution in [3.63, 3.8) is 0 Å². The van der Waals surface area contributed by atoms with Gasteiger partial charge in [-0.2, -0.15) is 0 Å². The molecule has 0 fully saturated rings. The number of pyridine rings is 1. The van der Waals surface area contributed by atoms with Gasteiger partial charge in [0.2, 0.25) is 5.95 Å². The highest BCUT2D eigenvalue weighted by Crippen LogP contribution is 2.11. The van der Waals surface area contributed by atoms with E-state index in [-0.39, 0.29) is 0 Å². The van der Waals surface area contributed by atoms with E-state index in [1.165, 1.54) is 11.1 Å². The first kappa shape index (κ1) is 10.7. The molecule has 0 radical (unpaired) electrons. The molecular formula is C12H16N4. The normalized spacial score (nSPS) is 10.4. The number of nitrogens with zero attached hydrogens (tertiary/aromatic N) is 3. The molecule has 2 rings (SSSR count). The molecule has 0 aliphatic rings. The summed E-state index contributed by atoms with van der Waals surface area (Å²) in [6.07, 6.45) is 7.51. The van der Waals surface area contributed by atoms with Crippen LogP contribution in [0.4, 0.5) is 5.95 Å². The van der Waals surface area contributed by atoms with Gasteiger partial charge in [0.25, 0.3) is 0 Å². The molecule has 4 nitrogen and oxygen atoms in total. The van der Waals surface area contributed by atoms with Crippen LogP contribution in [-0.4, -0.2) is 21.1 Å². The number of rotatable bonds is 4. The van der Waals surface area contributed by atoms with Crippen LogP contribution in [0.1, 0.15) is 18.1 Å². The molecule has 0 aromatic carbocycles. The first-order valence-electron chi connectivity index (χ1n) is 5.45. The Balaban J connectivity index is 2.20. The molecule has 1 N–H and O–H groups in total. The Bertz CT molecular complexity index is 462. The second-order valence-electron chi connectivity index (χ2n) is 3.71. The van der Waals surface area contributed by atoms with E-state index in [4.69, 9.17) is 0 Å². The quantitative estimate of drug-likeness (QED) is 0.850. The fourth-order valence-electron chi connectivity index (χ4n) is 1.63. The van der Waals surface area contributed by atoms with Crippen molar-refractivity contribution in [1.29, 1.82) is 0 Å². The van der Waals surface area contributed by atoms with Crippen molar-refractivity contribution in [1.82, 2.24) is 14.5 Å². The van der Waals surface area contributed by atoms with Gasteiger partial charge in [-0.15, -0.1) is 0 Å². The molecule has 0 saturated heterocycles. The topological polar surface area (TPSA) is 42.7 Å². The zero-order valence-corrected chi connectivity index (χ0v) is 9.64. The van der Waals surface area contributed by atoms with Crippen LogP contribution >= 0.6 is 0 Å². The molecule has 2 heterocycles. The Hall–Kier alpha value is -1.84. The van der Waals surface area contributed by atoms with Crippen molar-refractivity contribution in [2.45, 2.75) is 20.4 Å². The summed E-state index contributed by atoms with van der Waals surface area (Å²) in [5.74, 6) is 0.915. The van der Waals surface area contributed by atoms with Gasteiger partial charge in [-0.1, -0.05) is 0 Å². The SMILES string of the molecule is CCNc1nccn1Cc1ccncc1C. The molecule has 4 heteroatoms. The second kappa shape index (κ2) is 4.79. The average Bonchev–Trinajstić information content (AvgIpc) is 2.70. The third-order valence-corrected chi connectivity index (χ3v) is 2.53. The van der Waals surface area contributed by atoms with Crippen molar-refractivity contribution in [3.8, 4) is 0 Å². The standard InChI is InChI=1S/C12H16N4/c1-3-14-12-15-6-7-16(12)9-11-4-5-13-8-10(11)2/h4-8H,3,9H2,1-2H3,(H,14,15). The van der Waals surface area contributed by atoms with Crippen LogP contribution in [0.15, 0.2) is 30.9 Å². The smallest absolute Gasteiger partial charge is 0.203 e. The lowest BCUT2D eigenvalue weighted by Gasteiger charge is -2.10. The second-order valence-corrected chi connectivity index (χ2v) is 3.71. The molecule has 16 heavy (non-hydrogen) atoms. The highest BCUT2D eigenvalue weighted by Gasteiger charge is 2.03. The van der Waals surface area contributed by atoms with Gasteiger partial charge in [-0.3, -0.25) is 4.98 Å². The molecule has 0 bridgehead atoms. The van der Waals surface area contributed by atoms with Gasteiger partial charge in [-0.25, -0.2) is 4.98 Å². The first-order valence-corrected chi connectivity index (χ1v) is 5.45. The molecule has 84 valence electrons. The van der Waals surface area contributed by atoms with Gasteiger partial charge in [-0.05, 0) is 31.0 Å². The van der Waals surface area contributed by atoms with E-state index in [2.05, 4.69) is 33.7 Å². The lowest BCUT2D eigenvalue weighted by molar-refractivity contribution is 0.793. The van der Waals surface area contributed by atoms with E-state index in [1.54, 1.807) is 0 Å². The van der Waals surface area contributed by atoms with Crippen molar-refractivity contribution >= 4 is 5.95 Å². The predicted molar refractivity (Wildman–Crippen MR) is 64.5 cm³/mol. The molecule has 0 amide bonds. The Morgan fingerprint density at radius 1 is 1.38 bits per heavy atom. The Morgan fingerprint density at radius 3 is 3.00 bits per heavy atom. The molecule has 0 saturated carbocycles. The first-order chi connectivity index (χ1) is 7.81. The van der Waals surface area contributed by atoms with Crippen LogP contribution in [0.3, 0.4) is 0 Å². The maximum atomic E-state index is 4.27. The molecule has 0 spiro atoms. The molecular weight excluding hydrogens is 200 g/mol. The third-order valence-electron chi connectivity index (χ3n) is 2.53. The summed E-state index contributed by atoms with van der Waals surface area (Å²) in [7, 11) is 0. The van der Waals surface area contributed by atoms with Crippen LogP contribution in [0, 0.1) is 6.92 Å². The number of aromatic nitrogens is 3. The van der Waals surface area contributed by atoms with Crippen LogP contribution in [-0.2, 0) is 6.54 Å². The zero-order valence-electron chi connectivity index (χ0n) is 9.64. The minimum Gasteiger partial charge on any atom is -0.356 e. The minimum atomic E-state index is 0.830. The number of hydrogen-bond acceptors (Lipinski definition) is 3. The summed E-state index contributed by atoms with van der Waals surface area (Å²) in [5, 5.41) is 3.23. The predicted octanol–water partition coefficient (Wildman–Crippen LogP) is 2.07. The van der Waals surface area contributed by atoms with E-state index in [0.29, 0.717) is 0 Å². The van der Waals surface area contributed by atoms with E-state index in [9.17, 15) is 0 Å². The Labute approximate surface area is 95.4 Å². The average molecular weight is 216 g/mol. The van der Waals surface area contributed by atoms with E-state index >= 15 is 0 Å². The number of nitrogens with one attached hydrogen (secondary N) is 1. The molecule has 0 aliphatic heterocycles. The summed E-state index contributed by atoms with van der Waals surface area (Å²) in [6.45, 7) is 5.85. The number of imidazole rings is 1. The van der Waals surface area contributed by atoms with Crippen LogP contribution in [0.25, 0.3) is 0 Å². The molecule has 0 aliphatic carbocycles. The van der Waals surface area contributed by atoms with Gasteiger partial charge in [0.05, 0.1) is 6.54 Å². The third kappa shape index (κ3) is 2.21. The van der Waals surface area contributed by atoms with Crippen LogP contribution in [0.5, 0.6) is 0 Å². The van der Waals surface area contributed by atoms with Gasteiger partial charge in [0.1, 0.15) is 0 Å². The van der Waals surface area contributed by atoms with Crippen molar-refractivity contribution < 1.29 is 0 Å². The largest absolute Gasteiger partial charge is 0.356 e. The highest BCUT2D eigenvalue weighted by atomic mass is 15.2. The van der Waals surface area contributed by atoms with Gasteiger partial charge < -0.3 is 9.88 Å². The van der Waals surface area contributed by atoms with Crippen molar-refractivity contribution in [2.24, 2.45) is 0 Å². The number of hydrogen-bond donors (Lipinski definition) is 1. The van der Waals surface area contributed by atoms with Gasteiger partial charge >= 0.3 is 0 Å². The number of aryl methyl sites for hydroxylation is 1. The summed E-state index contributed by atoms with van der Waals surface area (Å²) in [6, 6.07) is 2.05. The van der Waals surface area contributed by atoms with Crippen LogP contribution in [0.2, 0.25) is 0 Å². The molecule has 0 unspecified atom stereocenters. The number of anilines is 1. The van der Waals surface area contributed by atoms with E-state index in [1.807, 2.05) is 30.9 Å². The Morgan fingerprint density at radius 2 is 2.25 bits per heavy atom. The summed E-state index contributed by atoms with van der Waals surface area (Å²) in [5.41, 5.74) is 2.48. The monoisotopic (exact) mass is 216 g/mol. The lowest BCUT2D eigenvalue weighted by Crippen LogP contribution is -2.08. The maximum Gasteiger partial charge on any atom is 0.203 e. The van der Waals surface area contributed by atoms with Gasteiger partial charge in [0.15, 0.2) is 0 Å². The molecule has 2 aromatic rings. The van der Waals surface area contributed by atoms with Crippen molar-refractivity contribution in [3.05, 3.63) is 42.0 Å². The van der Waals surface area contributed by atoms with E-state index in [0.717, 1.165) is 19.0 Å². The Kier molecular flexibility index (Phi) is 3.19. The van der Waals surface area contributed by atoms with E-state index < -0.39 is 0 Å². The summed E-state index contributed by atoms with van der Waals surface area (Å²) in [4.78, 5) is 8.36. The fraction of sp³-hybridized carbons (Fsp3) is 0.333. The van der Waals surface area contributed by atoms with Crippen LogP contribution < -0.4 is 5.32 Å². The van der Waals surface area contributed by atoms with Gasteiger partial charge in [0, 0.05) is 31.3 Å². The lowest BCUT2D eigenvalue weighted by atomic mass is 10.1. The highest BCUT2D eigenvalue weighted by molar-refractivity contribution is 5.29. The minimum absolute atomic E-state index is 0.830. The molecule has 0 atom stereocenters. The zero-order chi connectivity index (χ0) is 11.4. The summed E-state index contributed by atoms with van der Waals surface area (Å²) < 4.78 is 2.10.